The van der Waals surface area contributed by atoms with Gasteiger partial charge in [-0.25, -0.2) is 32.2 Å². The molecule has 3 N–H and O–H groups in total. The van der Waals surface area contributed by atoms with Gasteiger partial charge in [-0.2, -0.15) is 4.90 Å². The van der Waals surface area contributed by atoms with Crippen molar-refractivity contribution in [1.82, 2.24) is 9.88 Å². The van der Waals surface area contributed by atoms with Crippen LogP contribution in [0, 0.1) is 5.82 Å². The zero-order valence-electron chi connectivity index (χ0n) is 33.9. The summed E-state index contributed by atoms with van der Waals surface area (Å²) >= 11 is 0. The molecule has 310 valence electrons. The number of fused-ring (bicyclic) bond motifs is 1. The Labute approximate surface area is 337 Å². The lowest BCUT2D eigenvalue weighted by Crippen LogP contribution is -2.44. The predicted molar refractivity (Wildman–Crippen MR) is 218 cm³/mol. The van der Waals surface area contributed by atoms with Crippen molar-refractivity contribution in [3.05, 3.63) is 89.4 Å². The molecule has 1 unspecified atom stereocenters. The smallest absolute Gasteiger partial charge is 0.425 e. The SMILES string of the molecule is CN(C)Cc1cc(NC(=O)CCc2cccc(C(Nc3ccc4c(N(C(=O)OC(C)(C)C)C(=O)OC(C)(C)C)ncc(F)c4c3)C(=O)O)c2)ccc1S(=O)(=O)C1CC1. The second-order valence-corrected chi connectivity index (χ2v) is 18.7. The number of carbonyl (C=O) groups excluding carboxylic acids is 3. The van der Waals surface area contributed by atoms with Crippen LogP contribution in [0.3, 0.4) is 0 Å². The molecule has 3 aromatic carbocycles. The van der Waals surface area contributed by atoms with Crippen LogP contribution < -0.4 is 15.5 Å². The zero-order chi connectivity index (χ0) is 42.7. The van der Waals surface area contributed by atoms with Crippen LogP contribution in [-0.4, -0.2) is 78.0 Å². The van der Waals surface area contributed by atoms with Crippen molar-refractivity contribution in [3.63, 3.8) is 0 Å². The summed E-state index contributed by atoms with van der Waals surface area (Å²) in [6, 6.07) is 14.5. The van der Waals surface area contributed by atoms with E-state index < -0.39 is 51.1 Å². The summed E-state index contributed by atoms with van der Waals surface area (Å²) in [5, 5.41) is 15.7. The lowest BCUT2D eigenvalue weighted by atomic mass is 10.0. The van der Waals surface area contributed by atoms with E-state index in [1.165, 1.54) is 18.2 Å². The molecule has 0 spiro atoms. The van der Waals surface area contributed by atoms with E-state index in [1.807, 2.05) is 19.0 Å². The number of nitrogens with zero attached hydrogens (tertiary/aromatic N) is 3. The molecule has 58 heavy (non-hydrogen) atoms. The maximum Gasteiger partial charge on any atom is 0.425 e. The molecule has 5 rings (SSSR count). The summed E-state index contributed by atoms with van der Waals surface area (Å²) < 4.78 is 52.3. The summed E-state index contributed by atoms with van der Waals surface area (Å²) in [6.07, 6.45) is 0.289. The maximum atomic E-state index is 15.4. The van der Waals surface area contributed by atoms with Gasteiger partial charge in [-0.15, -0.1) is 0 Å². The zero-order valence-corrected chi connectivity index (χ0v) is 34.7. The first-order valence-electron chi connectivity index (χ1n) is 18.8. The van der Waals surface area contributed by atoms with Crippen molar-refractivity contribution >= 4 is 61.9 Å². The number of pyridine rings is 1. The number of rotatable bonds is 13. The molecular formula is C42H50FN5O9S. The topological polar surface area (TPSA) is 185 Å². The number of aliphatic carboxylic acids is 1. The summed E-state index contributed by atoms with van der Waals surface area (Å²) in [6.45, 7) is 10.1. The van der Waals surface area contributed by atoms with E-state index in [1.54, 1.807) is 84.0 Å². The summed E-state index contributed by atoms with van der Waals surface area (Å²) in [5.74, 6) is -2.58. The third-order valence-electron chi connectivity index (χ3n) is 8.77. The Kier molecular flexibility index (Phi) is 12.8. The Morgan fingerprint density at radius 1 is 0.897 bits per heavy atom. The van der Waals surface area contributed by atoms with Crippen molar-refractivity contribution in [1.29, 1.82) is 0 Å². The third kappa shape index (κ3) is 11.1. The van der Waals surface area contributed by atoms with Crippen LogP contribution in [0.1, 0.15) is 83.5 Å². The van der Waals surface area contributed by atoms with E-state index in [2.05, 4.69) is 15.6 Å². The second kappa shape index (κ2) is 17.1. The molecule has 1 saturated carbocycles. The van der Waals surface area contributed by atoms with Gasteiger partial charge in [0.2, 0.25) is 5.91 Å². The molecule has 1 aliphatic carbocycles. The van der Waals surface area contributed by atoms with Gasteiger partial charge < -0.3 is 30.1 Å². The summed E-state index contributed by atoms with van der Waals surface area (Å²) in [7, 11) is 0.234. The van der Waals surface area contributed by atoms with E-state index in [4.69, 9.17) is 9.47 Å². The molecule has 14 nitrogen and oxygen atoms in total. The first kappa shape index (κ1) is 43.5. The van der Waals surface area contributed by atoms with E-state index in [-0.39, 0.29) is 51.2 Å². The Morgan fingerprint density at radius 3 is 2.12 bits per heavy atom. The van der Waals surface area contributed by atoms with Crippen LogP contribution in [0.15, 0.2) is 71.8 Å². The molecule has 1 aliphatic rings. The molecular weight excluding hydrogens is 770 g/mol. The van der Waals surface area contributed by atoms with Crippen molar-refractivity contribution in [2.24, 2.45) is 0 Å². The van der Waals surface area contributed by atoms with Crippen LogP contribution in [-0.2, 0) is 41.9 Å². The number of hydrogen-bond donors (Lipinski definition) is 3. The molecule has 1 fully saturated rings. The van der Waals surface area contributed by atoms with Crippen molar-refractivity contribution in [2.75, 3.05) is 29.6 Å². The highest BCUT2D eigenvalue weighted by atomic mass is 32.2. The van der Waals surface area contributed by atoms with Crippen molar-refractivity contribution in [3.8, 4) is 0 Å². The average Bonchev–Trinajstić information content (AvgIpc) is 3.96. The molecule has 1 heterocycles. The number of nitrogens with one attached hydrogen (secondary N) is 2. The average molecular weight is 820 g/mol. The number of sulfone groups is 1. The number of benzene rings is 3. The van der Waals surface area contributed by atoms with Gasteiger partial charge in [-0.1, -0.05) is 24.3 Å². The highest BCUT2D eigenvalue weighted by Gasteiger charge is 2.38. The van der Waals surface area contributed by atoms with Gasteiger partial charge in [-0.3, -0.25) is 4.79 Å². The highest BCUT2D eigenvalue weighted by molar-refractivity contribution is 7.92. The molecule has 0 bridgehead atoms. The van der Waals surface area contributed by atoms with Gasteiger partial charge in [-0.05, 0) is 128 Å². The van der Waals surface area contributed by atoms with Crippen LogP contribution in [0.5, 0.6) is 0 Å². The molecule has 16 heteroatoms. The highest BCUT2D eigenvalue weighted by Crippen LogP contribution is 2.36. The Balaban J connectivity index is 1.34. The molecule has 3 amide bonds. The number of imide groups is 1. The summed E-state index contributed by atoms with van der Waals surface area (Å²) in [4.78, 5) is 59.1. The number of halogens is 1. The fourth-order valence-electron chi connectivity index (χ4n) is 6.15. The lowest BCUT2D eigenvalue weighted by molar-refractivity contribution is -0.138. The van der Waals surface area contributed by atoms with Crippen LogP contribution >= 0.6 is 0 Å². The number of hydrogen-bond acceptors (Lipinski definition) is 11. The number of amides is 3. The number of carboxylic acids is 1. The first-order valence-corrected chi connectivity index (χ1v) is 20.3. The fourth-order valence-corrected chi connectivity index (χ4v) is 8.01. The van der Waals surface area contributed by atoms with Gasteiger partial charge in [0.25, 0.3) is 0 Å². The number of aromatic nitrogens is 1. The van der Waals surface area contributed by atoms with Gasteiger partial charge in [0.1, 0.15) is 17.0 Å². The van der Waals surface area contributed by atoms with Gasteiger partial charge >= 0.3 is 18.2 Å². The molecule has 0 aliphatic heterocycles. The van der Waals surface area contributed by atoms with Gasteiger partial charge in [0, 0.05) is 35.1 Å². The maximum absolute atomic E-state index is 15.4. The van der Waals surface area contributed by atoms with Crippen LogP contribution in [0.25, 0.3) is 10.8 Å². The van der Waals surface area contributed by atoms with Gasteiger partial charge in [0.15, 0.2) is 21.7 Å². The van der Waals surface area contributed by atoms with Crippen LogP contribution in [0.2, 0.25) is 0 Å². The predicted octanol–water partition coefficient (Wildman–Crippen LogP) is 7.86. The fraction of sp³-hybridized carbons (Fsp3) is 0.405. The number of anilines is 3. The Morgan fingerprint density at radius 2 is 1.53 bits per heavy atom. The number of carboxylic acid groups (broad SMARTS) is 1. The Bertz CT molecular complexity index is 2310. The number of aryl methyl sites for hydroxylation is 1. The quantitative estimate of drug-likeness (QED) is 0.119. The number of carbonyl (C=O) groups is 4. The van der Waals surface area contributed by atoms with E-state index in [0.29, 0.717) is 46.7 Å². The standard InChI is InChI=1S/C42H50FN5O9S/c1-41(2,3)56-39(52)48(40(53)57-42(4,5)6)37-31-17-13-29(22-32(31)33(43)23-44-37)46-36(38(50)51)26-11-9-10-25(20-26)12-19-35(49)45-28-14-18-34(27(21-28)24-47(7)8)58(54,55)30-15-16-30/h9-11,13-14,17-18,20-23,30,36,46H,12,15-16,19,24H2,1-8H3,(H,45,49)(H,50,51). The van der Waals surface area contributed by atoms with E-state index >= 15 is 4.39 Å². The largest absolute Gasteiger partial charge is 0.479 e. The minimum Gasteiger partial charge on any atom is -0.479 e. The molecule has 4 aromatic rings. The second-order valence-electron chi connectivity index (χ2n) is 16.5. The van der Waals surface area contributed by atoms with E-state index in [9.17, 15) is 32.7 Å². The van der Waals surface area contributed by atoms with Gasteiger partial charge in [0.05, 0.1) is 16.3 Å². The minimum absolute atomic E-state index is 0.0579. The number of ether oxygens (including phenoxy) is 2. The van der Waals surface area contributed by atoms with Crippen molar-refractivity contribution < 1.29 is 46.6 Å². The molecule has 0 saturated heterocycles. The normalized spacial score (nSPS) is 13.8. The Hall–Kier alpha value is -5.61. The molecule has 1 aromatic heterocycles. The first-order chi connectivity index (χ1) is 27.0. The summed E-state index contributed by atoms with van der Waals surface area (Å²) in [5.41, 5.74) is 0.347. The van der Waals surface area contributed by atoms with Crippen molar-refractivity contribution in [2.45, 2.75) is 101 Å². The molecule has 1 atom stereocenters. The third-order valence-corrected chi connectivity index (χ3v) is 11.1. The minimum atomic E-state index is -3.44. The van der Waals surface area contributed by atoms with Crippen LogP contribution in [0.4, 0.5) is 31.2 Å². The van der Waals surface area contributed by atoms with E-state index in [0.717, 1.165) is 6.20 Å². The lowest BCUT2D eigenvalue weighted by Gasteiger charge is -2.28. The molecule has 0 radical (unpaired) electrons. The monoisotopic (exact) mass is 819 g/mol.